The van der Waals surface area contributed by atoms with E-state index in [-0.39, 0.29) is 24.8 Å². The summed E-state index contributed by atoms with van der Waals surface area (Å²) in [5, 5.41) is 3.85. The van der Waals surface area contributed by atoms with Crippen LogP contribution in [0.1, 0.15) is 23.6 Å². The van der Waals surface area contributed by atoms with Crippen molar-refractivity contribution in [3.63, 3.8) is 0 Å². The van der Waals surface area contributed by atoms with Crippen LogP contribution in [0.5, 0.6) is 23.0 Å². The Hall–Kier alpha value is -2.67. The van der Waals surface area contributed by atoms with Gasteiger partial charge in [-0.1, -0.05) is 35.9 Å². The summed E-state index contributed by atoms with van der Waals surface area (Å²) in [6, 6.07) is 16.1. The Bertz CT molecular complexity index is 1060. The van der Waals surface area contributed by atoms with Crippen LogP contribution < -0.4 is 24.3 Å². The van der Waals surface area contributed by atoms with Gasteiger partial charge >= 0.3 is 0 Å². The number of halogens is 3. The van der Waals surface area contributed by atoms with E-state index in [1.165, 1.54) is 6.07 Å². The maximum absolute atomic E-state index is 13.9. The first-order chi connectivity index (χ1) is 16.0. The van der Waals surface area contributed by atoms with Gasteiger partial charge in [-0.15, -0.1) is 12.4 Å². The summed E-state index contributed by atoms with van der Waals surface area (Å²) in [6.07, 6.45) is 0.830. The van der Waals surface area contributed by atoms with Gasteiger partial charge in [-0.05, 0) is 61.3 Å². The Balaban J connectivity index is 0.00000408. The number of hydrogen-bond acceptors (Lipinski definition) is 5. The Kier molecular flexibility index (Phi) is 11.3. The first kappa shape index (κ1) is 27.6. The number of rotatable bonds is 12. The Morgan fingerprint density at radius 2 is 1.62 bits per heavy atom. The molecule has 0 bridgehead atoms. The molecule has 0 aliphatic carbocycles. The van der Waals surface area contributed by atoms with E-state index in [9.17, 15) is 4.39 Å². The van der Waals surface area contributed by atoms with Crippen LogP contribution in [0.4, 0.5) is 4.39 Å². The van der Waals surface area contributed by atoms with E-state index >= 15 is 0 Å². The largest absolute Gasteiger partial charge is 0.493 e. The molecule has 3 aromatic carbocycles. The van der Waals surface area contributed by atoms with Gasteiger partial charge in [0, 0.05) is 12.1 Å². The van der Waals surface area contributed by atoms with Crippen molar-refractivity contribution in [2.24, 2.45) is 0 Å². The van der Waals surface area contributed by atoms with Crippen LogP contribution in [0.3, 0.4) is 0 Å². The van der Waals surface area contributed by atoms with E-state index < -0.39 is 0 Å². The molecule has 0 unspecified atom stereocenters. The predicted molar refractivity (Wildman–Crippen MR) is 136 cm³/mol. The molecule has 0 amide bonds. The smallest absolute Gasteiger partial charge is 0.180 e. The fourth-order valence-corrected chi connectivity index (χ4v) is 3.68. The second-order valence-corrected chi connectivity index (χ2v) is 7.74. The van der Waals surface area contributed by atoms with Crippen molar-refractivity contribution in [2.75, 3.05) is 27.4 Å². The van der Waals surface area contributed by atoms with E-state index in [1.54, 1.807) is 32.4 Å². The van der Waals surface area contributed by atoms with Gasteiger partial charge in [-0.25, -0.2) is 4.39 Å². The number of methoxy groups -OCH3 is 2. The number of nitrogens with one attached hydrogen (secondary N) is 1. The zero-order valence-corrected chi connectivity index (χ0v) is 21.1. The molecule has 0 fully saturated rings. The van der Waals surface area contributed by atoms with Crippen LogP contribution >= 0.6 is 24.0 Å². The van der Waals surface area contributed by atoms with Crippen molar-refractivity contribution < 1.29 is 23.3 Å². The summed E-state index contributed by atoms with van der Waals surface area (Å²) < 4.78 is 36.1. The lowest BCUT2D eigenvalue weighted by Crippen LogP contribution is -2.17. The summed E-state index contributed by atoms with van der Waals surface area (Å²) in [6.45, 7) is 3.80. The minimum atomic E-state index is -0.318. The van der Waals surface area contributed by atoms with Gasteiger partial charge in [0.15, 0.2) is 23.0 Å². The Morgan fingerprint density at radius 1 is 0.882 bits per heavy atom. The molecule has 3 rings (SSSR count). The molecule has 0 heterocycles. The minimum absolute atomic E-state index is 0. The molecule has 0 saturated carbocycles. The van der Waals surface area contributed by atoms with Crippen LogP contribution in [0.15, 0.2) is 54.6 Å². The normalized spacial score (nSPS) is 10.4. The zero-order valence-electron chi connectivity index (χ0n) is 19.5. The van der Waals surface area contributed by atoms with Crippen molar-refractivity contribution in [3.05, 3.63) is 82.1 Å². The SMILES string of the molecule is CCOc1cc(CNCCc2ccc(OC)c(OC)c2)cc(Cl)c1OCc1ccccc1F.Cl. The fraction of sp³-hybridized carbons (Fsp3) is 0.308. The van der Waals surface area contributed by atoms with Gasteiger partial charge in [0.1, 0.15) is 12.4 Å². The number of ether oxygens (including phenoxy) is 4. The molecule has 1 N–H and O–H groups in total. The highest BCUT2D eigenvalue weighted by molar-refractivity contribution is 6.32. The van der Waals surface area contributed by atoms with Gasteiger partial charge < -0.3 is 24.3 Å². The zero-order chi connectivity index (χ0) is 23.6. The van der Waals surface area contributed by atoms with Crippen LogP contribution in [-0.2, 0) is 19.6 Å². The molecule has 0 aliphatic heterocycles. The van der Waals surface area contributed by atoms with Crippen molar-refractivity contribution in [2.45, 2.75) is 26.5 Å². The maximum Gasteiger partial charge on any atom is 0.180 e. The highest BCUT2D eigenvalue weighted by Gasteiger charge is 2.14. The summed E-state index contributed by atoms with van der Waals surface area (Å²) in [5.74, 6) is 2.06. The summed E-state index contributed by atoms with van der Waals surface area (Å²) in [4.78, 5) is 0. The minimum Gasteiger partial charge on any atom is -0.493 e. The molecule has 0 aromatic heterocycles. The molecule has 0 spiro atoms. The summed E-state index contributed by atoms with van der Waals surface area (Å²) >= 11 is 6.49. The molecular weight excluding hydrogens is 480 g/mol. The third-order valence-electron chi connectivity index (χ3n) is 5.07. The molecule has 3 aromatic rings. The molecule has 0 aliphatic rings. The van der Waals surface area contributed by atoms with Crippen LogP contribution in [0.25, 0.3) is 0 Å². The van der Waals surface area contributed by atoms with E-state index in [0.717, 1.165) is 24.1 Å². The van der Waals surface area contributed by atoms with Gasteiger partial charge in [0.25, 0.3) is 0 Å². The van der Waals surface area contributed by atoms with Crippen molar-refractivity contribution in [3.8, 4) is 23.0 Å². The van der Waals surface area contributed by atoms with Crippen molar-refractivity contribution in [1.82, 2.24) is 5.32 Å². The molecule has 0 radical (unpaired) electrons. The number of benzene rings is 3. The van der Waals surface area contributed by atoms with E-state index in [4.69, 9.17) is 30.5 Å². The average molecular weight is 510 g/mol. The number of hydrogen-bond donors (Lipinski definition) is 1. The fourth-order valence-electron chi connectivity index (χ4n) is 3.39. The lowest BCUT2D eigenvalue weighted by Gasteiger charge is -2.16. The lowest BCUT2D eigenvalue weighted by atomic mass is 10.1. The second kappa shape index (κ2) is 13.9. The average Bonchev–Trinajstić information content (AvgIpc) is 2.82. The molecule has 8 heteroatoms. The molecular formula is C26H30Cl2FNO4. The first-order valence-corrected chi connectivity index (χ1v) is 11.2. The van der Waals surface area contributed by atoms with E-state index in [1.807, 2.05) is 37.3 Å². The van der Waals surface area contributed by atoms with Crippen molar-refractivity contribution >= 4 is 24.0 Å². The van der Waals surface area contributed by atoms with E-state index in [0.29, 0.717) is 46.7 Å². The Morgan fingerprint density at radius 3 is 2.32 bits per heavy atom. The third-order valence-corrected chi connectivity index (χ3v) is 5.35. The van der Waals surface area contributed by atoms with Crippen LogP contribution in [0, 0.1) is 5.82 Å². The highest BCUT2D eigenvalue weighted by atomic mass is 35.5. The van der Waals surface area contributed by atoms with Crippen LogP contribution in [0.2, 0.25) is 5.02 Å². The maximum atomic E-state index is 13.9. The topological polar surface area (TPSA) is 49.0 Å². The van der Waals surface area contributed by atoms with Crippen LogP contribution in [-0.4, -0.2) is 27.4 Å². The van der Waals surface area contributed by atoms with Gasteiger partial charge in [-0.3, -0.25) is 0 Å². The summed E-state index contributed by atoms with van der Waals surface area (Å²) in [7, 11) is 3.25. The monoisotopic (exact) mass is 509 g/mol. The van der Waals surface area contributed by atoms with Gasteiger partial charge in [0.2, 0.25) is 0 Å². The van der Waals surface area contributed by atoms with Gasteiger partial charge in [-0.2, -0.15) is 0 Å². The third kappa shape index (κ3) is 7.42. The van der Waals surface area contributed by atoms with Crippen molar-refractivity contribution in [1.29, 1.82) is 0 Å². The highest BCUT2D eigenvalue weighted by Crippen LogP contribution is 2.37. The lowest BCUT2D eigenvalue weighted by molar-refractivity contribution is 0.266. The molecule has 0 atom stereocenters. The van der Waals surface area contributed by atoms with Gasteiger partial charge in [0.05, 0.1) is 25.8 Å². The second-order valence-electron chi connectivity index (χ2n) is 7.33. The predicted octanol–water partition coefficient (Wildman–Crippen LogP) is 6.23. The molecule has 34 heavy (non-hydrogen) atoms. The first-order valence-electron chi connectivity index (χ1n) is 10.8. The molecule has 0 saturated heterocycles. The standard InChI is InChI=1S/C26H29ClFNO4.ClH/c1-4-32-25-15-19(13-21(27)26(25)33-17-20-7-5-6-8-22(20)28)16-29-12-11-18-9-10-23(30-2)24(14-18)31-3;/h5-10,13-15,29H,4,11-12,16-17H2,1-3H3;1H. The molecule has 184 valence electrons. The summed E-state index contributed by atoms with van der Waals surface area (Å²) in [5.41, 5.74) is 2.57. The molecule has 5 nitrogen and oxygen atoms in total. The Labute approximate surface area is 211 Å². The quantitative estimate of drug-likeness (QED) is 0.293. The van der Waals surface area contributed by atoms with E-state index in [2.05, 4.69) is 5.32 Å².